The summed E-state index contributed by atoms with van der Waals surface area (Å²) >= 11 is 0. The van der Waals surface area contributed by atoms with Crippen LogP contribution >= 0.6 is 0 Å². The Morgan fingerprint density at radius 1 is 1.25 bits per heavy atom. The summed E-state index contributed by atoms with van der Waals surface area (Å²) in [5, 5.41) is 15.6. The standard InChI is InChI=1S/C16H20N2O2/c19-12-16(5-8-20-9-6-16)18-11-14-3-1-2-13-10-17-7-4-15(13)14/h1-4,7,10,18-19H,5-6,8-9,11-12H2. The van der Waals surface area contributed by atoms with E-state index in [1.54, 1.807) is 0 Å². The molecule has 0 unspecified atom stereocenters. The van der Waals surface area contributed by atoms with Crippen LogP contribution < -0.4 is 5.32 Å². The summed E-state index contributed by atoms with van der Waals surface area (Å²) in [7, 11) is 0. The Balaban J connectivity index is 1.79. The molecule has 3 rings (SSSR count). The van der Waals surface area contributed by atoms with Crippen LogP contribution in [0.4, 0.5) is 0 Å². The van der Waals surface area contributed by atoms with Crippen LogP contribution in [-0.4, -0.2) is 35.5 Å². The van der Waals surface area contributed by atoms with Crippen LogP contribution in [0.1, 0.15) is 18.4 Å². The number of fused-ring (bicyclic) bond motifs is 1. The zero-order valence-electron chi connectivity index (χ0n) is 11.5. The molecule has 2 N–H and O–H groups in total. The molecule has 0 spiro atoms. The van der Waals surface area contributed by atoms with Crippen molar-refractivity contribution >= 4 is 10.8 Å². The zero-order valence-corrected chi connectivity index (χ0v) is 11.5. The van der Waals surface area contributed by atoms with Gasteiger partial charge in [0.15, 0.2) is 0 Å². The van der Waals surface area contributed by atoms with E-state index in [4.69, 9.17) is 4.74 Å². The van der Waals surface area contributed by atoms with E-state index >= 15 is 0 Å². The van der Waals surface area contributed by atoms with Crippen molar-refractivity contribution in [3.63, 3.8) is 0 Å². The molecule has 1 aromatic heterocycles. The van der Waals surface area contributed by atoms with E-state index in [9.17, 15) is 5.11 Å². The Hall–Kier alpha value is -1.49. The highest BCUT2D eigenvalue weighted by atomic mass is 16.5. The van der Waals surface area contributed by atoms with E-state index in [0.29, 0.717) is 13.2 Å². The smallest absolute Gasteiger partial charge is 0.0615 e. The molecule has 1 fully saturated rings. The number of hydrogen-bond donors (Lipinski definition) is 2. The maximum atomic E-state index is 9.70. The number of benzene rings is 1. The first-order chi connectivity index (χ1) is 9.83. The molecule has 20 heavy (non-hydrogen) atoms. The van der Waals surface area contributed by atoms with Gasteiger partial charge in [-0.3, -0.25) is 4.98 Å². The van der Waals surface area contributed by atoms with Gasteiger partial charge in [-0.25, -0.2) is 0 Å². The van der Waals surface area contributed by atoms with Crippen molar-refractivity contribution in [2.24, 2.45) is 0 Å². The largest absolute Gasteiger partial charge is 0.394 e. The van der Waals surface area contributed by atoms with Gasteiger partial charge in [0, 0.05) is 43.1 Å². The van der Waals surface area contributed by atoms with Crippen molar-refractivity contribution in [2.75, 3.05) is 19.8 Å². The van der Waals surface area contributed by atoms with Gasteiger partial charge in [0.2, 0.25) is 0 Å². The third-order valence-electron chi connectivity index (χ3n) is 4.18. The molecule has 2 aromatic rings. The highest BCUT2D eigenvalue weighted by Crippen LogP contribution is 2.23. The molecule has 1 saturated heterocycles. The van der Waals surface area contributed by atoms with E-state index in [2.05, 4.69) is 28.5 Å². The predicted octanol–water partition coefficient (Wildman–Crippen LogP) is 1.87. The van der Waals surface area contributed by atoms with Crippen molar-refractivity contribution in [1.82, 2.24) is 10.3 Å². The van der Waals surface area contributed by atoms with E-state index in [-0.39, 0.29) is 12.1 Å². The van der Waals surface area contributed by atoms with Gasteiger partial charge < -0.3 is 15.2 Å². The number of pyridine rings is 1. The number of aliphatic hydroxyl groups is 1. The first-order valence-corrected chi connectivity index (χ1v) is 7.08. The third kappa shape index (κ3) is 2.68. The molecular formula is C16H20N2O2. The van der Waals surface area contributed by atoms with E-state index in [1.807, 2.05) is 18.5 Å². The minimum absolute atomic E-state index is 0.155. The van der Waals surface area contributed by atoms with Crippen LogP contribution in [0.15, 0.2) is 36.7 Å². The van der Waals surface area contributed by atoms with Crippen molar-refractivity contribution in [3.8, 4) is 0 Å². The number of hydrogen-bond acceptors (Lipinski definition) is 4. The fraction of sp³-hybridized carbons (Fsp3) is 0.438. The summed E-state index contributed by atoms with van der Waals surface area (Å²) in [4.78, 5) is 4.16. The number of rotatable bonds is 4. The van der Waals surface area contributed by atoms with Crippen LogP contribution in [0.2, 0.25) is 0 Å². The topological polar surface area (TPSA) is 54.4 Å². The van der Waals surface area contributed by atoms with Gasteiger partial charge in [0.25, 0.3) is 0 Å². The molecule has 106 valence electrons. The maximum Gasteiger partial charge on any atom is 0.0615 e. The van der Waals surface area contributed by atoms with Gasteiger partial charge in [-0.05, 0) is 29.9 Å². The Morgan fingerprint density at radius 3 is 2.90 bits per heavy atom. The second kappa shape index (κ2) is 5.87. The van der Waals surface area contributed by atoms with Crippen molar-refractivity contribution < 1.29 is 9.84 Å². The lowest BCUT2D eigenvalue weighted by atomic mass is 9.90. The second-order valence-electron chi connectivity index (χ2n) is 5.42. The fourth-order valence-electron chi connectivity index (χ4n) is 2.78. The fourth-order valence-corrected chi connectivity index (χ4v) is 2.78. The summed E-state index contributed by atoms with van der Waals surface area (Å²) < 4.78 is 5.39. The molecule has 0 atom stereocenters. The average Bonchev–Trinajstić information content (AvgIpc) is 2.54. The molecule has 0 saturated carbocycles. The van der Waals surface area contributed by atoms with E-state index in [1.165, 1.54) is 10.9 Å². The lowest BCUT2D eigenvalue weighted by Crippen LogP contribution is -2.51. The van der Waals surface area contributed by atoms with Crippen LogP contribution in [0, 0.1) is 0 Å². The van der Waals surface area contributed by atoms with Gasteiger partial charge in [0.1, 0.15) is 0 Å². The van der Waals surface area contributed by atoms with Gasteiger partial charge in [0.05, 0.1) is 6.61 Å². The van der Waals surface area contributed by atoms with Crippen LogP contribution in [0.5, 0.6) is 0 Å². The number of nitrogens with one attached hydrogen (secondary N) is 1. The van der Waals surface area contributed by atoms with Crippen LogP contribution in [0.25, 0.3) is 10.8 Å². The minimum atomic E-state index is -0.201. The Kier molecular flexibility index (Phi) is 3.96. The molecule has 2 heterocycles. The van der Waals surface area contributed by atoms with Crippen LogP contribution in [0.3, 0.4) is 0 Å². The lowest BCUT2D eigenvalue weighted by Gasteiger charge is -2.36. The highest BCUT2D eigenvalue weighted by molar-refractivity contribution is 5.84. The van der Waals surface area contributed by atoms with Crippen molar-refractivity contribution in [2.45, 2.75) is 24.9 Å². The third-order valence-corrected chi connectivity index (χ3v) is 4.18. The minimum Gasteiger partial charge on any atom is -0.394 e. The van der Waals surface area contributed by atoms with Gasteiger partial charge in [-0.15, -0.1) is 0 Å². The molecular weight excluding hydrogens is 252 g/mol. The lowest BCUT2D eigenvalue weighted by molar-refractivity contribution is 0.0112. The van der Waals surface area contributed by atoms with E-state index < -0.39 is 0 Å². The molecule has 1 aromatic carbocycles. The van der Waals surface area contributed by atoms with Gasteiger partial charge in [-0.1, -0.05) is 18.2 Å². The first-order valence-electron chi connectivity index (χ1n) is 7.08. The Bertz CT molecular complexity index is 574. The van der Waals surface area contributed by atoms with Gasteiger partial charge in [-0.2, -0.15) is 0 Å². The summed E-state index contributed by atoms with van der Waals surface area (Å²) in [6.07, 6.45) is 5.42. The van der Waals surface area contributed by atoms with Gasteiger partial charge >= 0.3 is 0 Å². The molecule has 1 aliphatic heterocycles. The first kappa shape index (κ1) is 13.5. The monoisotopic (exact) mass is 272 g/mol. The molecule has 0 amide bonds. The molecule has 4 nitrogen and oxygen atoms in total. The number of nitrogens with zero attached hydrogens (tertiary/aromatic N) is 1. The van der Waals surface area contributed by atoms with E-state index in [0.717, 1.165) is 24.8 Å². The predicted molar refractivity (Wildman–Crippen MR) is 78.5 cm³/mol. The van der Waals surface area contributed by atoms with Crippen molar-refractivity contribution in [1.29, 1.82) is 0 Å². The maximum absolute atomic E-state index is 9.70. The Morgan fingerprint density at radius 2 is 2.10 bits per heavy atom. The molecule has 4 heteroatoms. The van der Waals surface area contributed by atoms with Crippen LogP contribution in [-0.2, 0) is 11.3 Å². The number of ether oxygens (including phenoxy) is 1. The summed E-state index contributed by atoms with van der Waals surface area (Å²) in [6.45, 7) is 2.34. The summed E-state index contributed by atoms with van der Waals surface area (Å²) in [6, 6.07) is 8.29. The molecule has 0 radical (unpaired) electrons. The zero-order chi connectivity index (χ0) is 13.8. The summed E-state index contributed by atoms with van der Waals surface area (Å²) in [5.74, 6) is 0. The van der Waals surface area contributed by atoms with Crippen molar-refractivity contribution in [3.05, 3.63) is 42.2 Å². The normalized spacial score (nSPS) is 18.2. The molecule has 1 aliphatic rings. The molecule has 0 bridgehead atoms. The number of aliphatic hydroxyl groups excluding tert-OH is 1. The quantitative estimate of drug-likeness (QED) is 0.892. The highest BCUT2D eigenvalue weighted by Gasteiger charge is 2.31. The Labute approximate surface area is 118 Å². The molecule has 0 aliphatic carbocycles. The average molecular weight is 272 g/mol. The second-order valence-corrected chi connectivity index (χ2v) is 5.42. The summed E-state index contributed by atoms with van der Waals surface area (Å²) in [5.41, 5.74) is 1.04. The SMILES string of the molecule is OCC1(NCc2cccc3cnccc23)CCOCC1. The number of aromatic nitrogens is 1.